The number of nitrogens with one attached hydrogen (secondary N) is 1. The Kier molecular flexibility index (Phi) is 4.06. The zero-order valence-corrected chi connectivity index (χ0v) is 15.1. The van der Waals surface area contributed by atoms with Crippen molar-refractivity contribution in [3.05, 3.63) is 53.2 Å². The SMILES string of the molecule is CC(C)c1nc(-c2ccc3c(c2)CC[C@H]3NC(=O)c2cnn(C)c2)no1. The van der Waals surface area contributed by atoms with Crippen molar-refractivity contribution in [2.45, 2.75) is 38.6 Å². The van der Waals surface area contributed by atoms with Crippen LogP contribution in [0.1, 0.15) is 59.6 Å². The lowest BCUT2D eigenvalue weighted by Crippen LogP contribution is -2.26. The van der Waals surface area contributed by atoms with Gasteiger partial charge in [-0.05, 0) is 30.0 Å². The second kappa shape index (κ2) is 6.40. The van der Waals surface area contributed by atoms with Gasteiger partial charge in [-0.15, -0.1) is 0 Å². The molecule has 4 rings (SSSR count). The number of carbonyl (C=O) groups excluding carboxylic acids is 1. The van der Waals surface area contributed by atoms with Gasteiger partial charge in [0.15, 0.2) is 0 Å². The lowest BCUT2D eigenvalue weighted by Gasteiger charge is -2.13. The summed E-state index contributed by atoms with van der Waals surface area (Å²) in [5.74, 6) is 1.36. The Bertz CT molecular complexity index is 957. The highest BCUT2D eigenvalue weighted by molar-refractivity contribution is 5.94. The third-order valence-corrected chi connectivity index (χ3v) is 4.69. The van der Waals surface area contributed by atoms with E-state index in [1.165, 1.54) is 5.56 Å². The molecule has 134 valence electrons. The first-order valence-corrected chi connectivity index (χ1v) is 8.77. The maximum absolute atomic E-state index is 12.4. The molecule has 7 heteroatoms. The van der Waals surface area contributed by atoms with Gasteiger partial charge in [0.25, 0.3) is 5.91 Å². The molecule has 3 aromatic rings. The minimum absolute atomic E-state index is 0.0169. The number of carbonyl (C=O) groups is 1. The van der Waals surface area contributed by atoms with Crippen LogP contribution in [-0.4, -0.2) is 25.8 Å². The first-order valence-electron chi connectivity index (χ1n) is 8.77. The first-order chi connectivity index (χ1) is 12.5. The Morgan fingerprint density at radius 1 is 1.38 bits per heavy atom. The maximum Gasteiger partial charge on any atom is 0.254 e. The summed E-state index contributed by atoms with van der Waals surface area (Å²) in [6, 6.07) is 6.16. The molecule has 1 aliphatic rings. The summed E-state index contributed by atoms with van der Waals surface area (Å²) in [6.07, 6.45) is 5.10. The van der Waals surface area contributed by atoms with E-state index >= 15 is 0 Å². The van der Waals surface area contributed by atoms with E-state index in [0.717, 1.165) is 24.0 Å². The Morgan fingerprint density at radius 2 is 2.23 bits per heavy atom. The number of fused-ring (bicyclic) bond motifs is 1. The van der Waals surface area contributed by atoms with Crippen LogP contribution in [0.2, 0.25) is 0 Å². The molecule has 26 heavy (non-hydrogen) atoms. The quantitative estimate of drug-likeness (QED) is 0.781. The summed E-state index contributed by atoms with van der Waals surface area (Å²) in [6.45, 7) is 4.05. The van der Waals surface area contributed by atoms with Gasteiger partial charge in [0.2, 0.25) is 11.7 Å². The molecule has 2 aromatic heterocycles. The predicted molar refractivity (Wildman–Crippen MR) is 95.6 cm³/mol. The Labute approximate surface area is 151 Å². The van der Waals surface area contributed by atoms with Gasteiger partial charge in [0, 0.05) is 24.7 Å². The smallest absolute Gasteiger partial charge is 0.254 e. The average molecular weight is 351 g/mol. The van der Waals surface area contributed by atoms with Crippen LogP contribution in [0.5, 0.6) is 0 Å². The molecule has 0 fully saturated rings. The maximum atomic E-state index is 12.4. The molecule has 0 saturated heterocycles. The minimum atomic E-state index is -0.0974. The van der Waals surface area contributed by atoms with E-state index in [4.69, 9.17) is 4.52 Å². The second-order valence-corrected chi connectivity index (χ2v) is 6.99. The summed E-state index contributed by atoms with van der Waals surface area (Å²) >= 11 is 0. The van der Waals surface area contributed by atoms with E-state index in [2.05, 4.69) is 32.7 Å². The average Bonchev–Trinajstić information content (AvgIpc) is 3.34. The van der Waals surface area contributed by atoms with Gasteiger partial charge < -0.3 is 9.84 Å². The summed E-state index contributed by atoms with van der Waals surface area (Å²) in [7, 11) is 1.80. The number of amides is 1. The molecule has 0 bridgehead atoms. The van der Waals surface area contributed by atoms with Crippen LogP contribution < -0.4 is 5.32 Å². The van der Waals surface area contributed by atoms with Crippen molar-refractivity contribution in [2.75, 3.05) is 0 Å². The lowest BCUT2D eigenvalue weighted by molar-refractivity contribution is 0.0936. The molecule has 1 atom stereocenters. The van der Waals surface area contributed by atoms with Crippen molar-refractivity contribution in [3.8, 4) is 11.4 Å². The van der Waals surface area contributed by atoms with Gasteiger partial charge in [-0.3, -0.25) is 9.48 Å². The molecule has 0 spiro atoms. The first kappa shape index (κ1) is 16.5. The third kappa shape index (κ3) is 3.00. The van der Waals surface area contributed by atoms with Crippen LogP contribution in [0, 0.1) is 0 Å². The molecule has 2 heterocycles. The van der Waals surface area contributed by atoms with Crippen LogP contribution in [0.3, 0.4) is 0 Å². The molecule has 0 radical (unpaired) electrons. The number of aromatic nitrogens is 4. The number of hydrogen-bond acceptors (Lipinski definition) is 5. The zero-order chi connectivity index (χ0) is 18.3. The van der Waals surface area contributed by atoms with Crippen molar-refractivity contribution in [3.63, 3.8) is 0 Å². The lowest BCUT2D eigenvalue weighted by atomic mass is 10.0. The minimum Gasteiger partial charge on any atom is -0.345 e. The van der Waals surface area contributed by atoms with E-state index in [-0.39, 0.29) is 17.9 Å². The number of nitrogens with zero attached hydrogens (tertiary/aromatic N) is 4. The summed E-state index contributed by atoms with van der Waals surface area (Å²) in [5.41, 5.74) is 3.89. The molecule has 1 aromatic carbocycles. The van der Waals surface area contributed by atoms with E-state index < -0.39 is 0 Å². The zero-order valence-electron chi connectivity index (χ0n) is 15.1. The summed E-state index contributed by atoms with van der Waals surface area (Å²) < 4.78 is 6.92. The van der Waals surface area contributed by atoms with Crippen molar-refractivity contribution in [1.82, 2.24) is 25.2 Å². The molecule has 7 nitrogen and oxygen atoms in total. The predicted octanol–water partition coefficient (Wildman–Crippen LogP) is 3.01. The summed E-state index contributed by atoms with van der Waals surface area (Å²) in [5, 5.41) is 11.2. The van der Waals surface area contributed by atoms with E-state index in [1.807, 2.05) is 19.9 Å². The highest BCUT2D eigenvalue weighted by Crippen LogP contribution is 2.34. The highest BCUT2D eigenvalue weighted by Gasteiger charge is 2.25. The van der Waals surface area contributed by atoms with Gasteiger partial charge in [-0.2, -0.15) is 10.1 Å². The summed E-state index contributed by atoms with van der Waals surface area (Å²) in [4.78, 5) is 16.8. The molecule has 0 aliphatic heterocycles. The molecule has 1 N–H and O–H groups in total. The number of rotatable bonds is 4. The monoisotopic (exact) mass is 351 g/mol. The fourth-order valence-electron chi connectivity index (χ4n) is 3.27. The highest BCUT2D eigenvalue weighted by atomic mass is 16.5. The van der Waals surface area contributed by atoms with E-state index in [9.17, 15) is 4.79 Å². The van der Waals surface area contributed by atoms with Gasteiger partial charge in [0.1, 0.15) is 0 Å². The molecule has 1 amide bonds. The Hall–Kier alpha value is -2.96. The van der Waals surface area contributed by atoms with Crippen molar-refractivity contribution >= 4 is 5.91 Å². The van der Waals surface area contributed by atoms with Crippen molar-refractivity contribution < 1.29 is 9.32 Å². The number of aryl methyl sites for hydroxylation is 2. The number of hydrogen-bond donors (Lipinski definition) is 1. The second-order valence-electron chi connectivity index (χ2n) is 6.99. The van der Waals surface area contributed by atoms with Crippen molar-refractivity contribution in [2.24, 2.45) is 7.05 Å². The standard InChI is InChI=1S/C19H21N5O2/c1-11(2)19-22-17(23-26-19)13-4-6-15-12(8-13)5-7-16(15)21-18(25)14-9-20-24(3)10-14/h4,6,8-11,16H,5,7H2,1-3H3,(H,21,25)/t16-/m1/s1. The van der Waals surface area contributed by atoms with Crippen molar-refractivity contribution in [1.29, 1.82) is 0 Å². The van der Waals surface area contributed by atoms with Gasteiger partial charge >= 0.3 is 0 Å². The van der Waals surface area contributed by atoms with E-state index in [1.54, 1.807) is 24.1 Å². The third-order valence-electron chi connectivity index (χ3n) is 4.69. The largest absolute Gasteiger partial charge is 0.345 e. The fraction of sp³-hybridized carbons (Fsp3) is 0.368. The fourth-order valence-corrected chi connectivity index (χ4v) is 3.27. The van der Waals surface area contributed by atoms with Crippen LogP contribution >= 0.6 is 0 Å². The number of benzene rings is 1. The van der Waals surface area contributed by atoms with Crippen LogP contribution in [0.15, 0.2) is 35.1 Å². The van der Waals surface area contributed by atoms with Crippen LogP contribution in [0.25, 0.3) is 11.4 Å². The normalized spacial score (nSPS) is 16.1. The topological polar surface area (TPSA) is 85.8 Å². The molecule has 1 aliphatic carbocycles. The van der Waals surface area contributed by atoms with Crippen LogP contribution in [0.4, 0.5) is 0 Å². The molecule has 0 saturated carbocycles. The molecular formula is C19H21N5O2. The van der Waals surface area contributed by atoms with Gasteiger partial charge in [0.05, 0.1) is 17.8 Å². The molecule has 0 unspecified atom stereocenters. The Morgan fingerprint density at radius 3 is 2.92 bits per heavy atom. The van der Waals surface area contributed by atoms with Gasteiger partial charge in [-0.25, -0.2) is 0 Å². The van der Waals surface area contributed by atoms with Gasteiger partial charge in [-0.1, -0.05) is 31.1 Å². The Balaban J connectivity index is 1.53. The van der Waals surface area contributed by atoms with E-state index in [0.29, 0.717) is 17.3 Å². The van der Waals surface area contributed by atoms with Crippen LogP contribution in [-0.2, 0) is 13.5 Å². The molecular weight excluding hydrogens is 330 g/mol.